The quantitative estimate of drug-likeness (QED) is 0.850. The minimum atomic E-state index is -0.603. The van der Waals surface area contributed by atoms with Crippen LogP contribution in [0.3, 0.4) is 0 Å². The van der Waals surface area contributed by atoms with E-state index in [9.17, 15) is 4.79 Å². The Morgan fingerprint density at radius 3 is 2.75 bits per heavy atom. The van der Waals surface area contributed by atoms with E-state index in [4.69, 9.17) is 17.3 Å². The number of halogens is 1. The van der Waals surface area contributed by atoms with Crippen LogP contribution in [0.15, 0.2) is 42.6 Å². The van der Waals surface area contributed by atoms with E-state index in [1.807, 2.05) is 37.3 Å². The van der Waals surface area contributed by atoms with E-state index >= 15 is 0 Å². The van der Waals surface area contributed by atoms with Crippen molar-refractivity contribution in [2.24, 2.45) is 5.73 Å². The Kier molecular flexibility index (Phi) is 4.71. The van der Waals surface area contributed by atoms with Crippen molar-refractivity contribution in [3.63, 3.8) is 0 Å². The first kappa shape index (κ1) is 14.5. The Labute approximate surface area is 123 Å². The first-order valence-electron chi connectivity index (χ1n) is 6.29. The van der Waals surface area contributed by atoms with Crippen LogP contribution in [0.2, 0.25) is 5.15 Å². The molecule has 1 amide bonds. The van der Waals surface area contributed by atoms with E-state index in [-0.39, 0.29) is 5.91 Å². The molecule has 1 heterocycles. The van der Waals surface area contributed by atoms with Gasteiger partial charge >= 0.3 is 0 Å². The summed E-state index contributed by atoms with van der Waals surface area (Å²) >= 11 is 5.84. The number of pyridine rings is 1. The summed E-state index contributed by atoms with van der Waals surface area (Å²) in [7, 11) is 0. The summed E-state index contributed by atoms with van der Waals surface area (Å²) in [6.07, 6.45) is 2.01. The molecular weight excluding hydrogens is 274 g/mol. The molecule has 0 bridgehead atoms. The van der Waals surface area contributed by atoms with Gasteiger partial charge in [0.05, 0.1) is 17.9 Å². The normalized spacial score (nSPS) is 11.9. The van der Waals surface area contributed by atoms with Crippen LogP contribution < -0.4 is 11.1 Å². The van der Waals surface area contributed by atoms with E-state index < -0.39 is 6.04 Å². The van der Waals surface area contributed by atoms with E-state index in [0.717, 1.165) is 11.1 Å². The van der Waals surface area contributed by atoms with E-state index in [1.54, 1.807) is 6.07 Å². The van der Waals surface area contributed by atoms with Gasteiger partial charge in [0.2, 0.25) is 5.91 Å². The number of carbonyl (C=O) groups excluding carboxylic acids is 1. The Morgan fingerprint density at radius 1 is 1.40 bits per heavy atom. The van der Waals surface area contributed by atoms with Crippen LogP contribution in [0.25, 0.3) is 0 Å². The molecule has 1 atom stereocenters. The SMILES string of the molecule is Cc1cc(NC(=O)[C@H](N)Cc2ccccc2)cnc1Cl. The zero-order chi connectivity index (χ0) is 14.5. The monoisotopic (exact) mass is 289 g/mol. The largest absolute Gasteiger partial charge is 0.323 e. The third kappa shape index (κ3) is 3.79. The van der Waals surface area contributed by atoms with Gasteiger partial charge in [0.15, 0.2) is 0 Å². The van der Waals surface area contributed by atoms with E-state index in [2.05, 4.69) is 10.3 Å². The molecule has 4 nitrogen and oxygen atoms in total. The molecule has 0 aliphatic carbocycles. The number of rotatable bonds is 4. The Morgan fingerprint density at radius 2 is 2.10 bits per heavy atom. The van der Waals surface area contributed by atoms with Crippen molar-refractivity contribution in [1.82, 2.24) is 4.98 Å². The number of benzene rings is 1. The van der Waals surface area contributed by atoms with Crippen LogP contribution in [-0.4, -0.2) is 16.9 Å². The van der Waals surface area contributed by atoms with Gasteiger partial charge in [-0.05, 0) is 30.5 Å². The summed E-state index contributed by atoms with van der Waals surface area (Å²) in [6, 6.07) is 10.8. The summed E-state index contributed by atoms with van der Waals surface area (Å²) < 4.78 is 0. The highest BCUT2D eigenvalue weighted by molar-refractivity contribution is 6.30. The molecule has 0 fully saturated rings. The average molecular weight is 290 g/mol. The summed E-state index contributed by atoms with van der Waals surface area (Å²) in [5.41, 5.74) is 8.34. The smallest absolute Gasteiger partial charge is 0.241 e. The van der Waals surface area contributed by atoms with Crippen molar-refractivity contribution < 1.29 is 4.79 Å². The maximum atomic E-state index is 12.0. The van der Waals surface area contributed by atoms with Crippen LogP contribution >= 0.6 is 11.6 Å². The predicted molar refractivity (Wildman–Crippen MR) is 80.7 cm³/mol. The molecule has 0 saturated carbocycles. The maximum absolute atomic E-state index is 12.0. The first-order chi connectivity index (χ1) is 9.56. The second-order valence-electron chi connectivity index (χ2n) is 4.62. The topological polar surface area (TPSA) is 68.0 Å². The molecule has 0 aliphatic rings. The van der Waals surface area contributed by atoms with Crippen molar-refractivity contribution in [3.05, 3.63) is 58.9 Å². The van der Waals surface area contributed by atoms with Gasteiger partial charge in [-0.25, -0.2) is 4.98 Å². The molecule has 2 aromatic rings. The third-order valence-electron chi connectivity index (χ3n) is 2.92. The highest BCUT2D eigenvalue weighted by Gasteiger charge is 2.14. The maximum Gasteiger partial charge on any atom is 0.241 e. The Hall–Kier alpha value is -1.91. The zero-order valence-electron chi connectivity index (χ0n) is 11.1. The number of aryl methyl sites for hydroxylation is 1. The minimum absolute atomic E-state index is 0.239. The third-order valence-corrected chi connectivity index (χ3v) is 3.31. The van der Waals surface area contributed by atoms with Gasteiger partial charge in [-0.3, -0.25) is 4.79 Å². The molecule has 104 valence electrons. The van der Waals surface area contributed by atoms with Crippen LogP contribution in [0.4, 0.5) is 5.69 Å². The van der Waals surface area contributed by atoms with Crippen molar-refractivity contribution in [2.45, 2.75) is 19.4 Å². The molecule has 1 aromatic heterocycles. The number of aromatic nitrogens is 1. The van der Waals surface area contributed by atoms with E-state index in [0.29, 0.717) is 17.3 Å². The second-order valence-corrected chi connectivity index (χ2v) is 4.98. The van der Waals surface area contributed by atoms with Gasteiger partial charge in [-0.1, -0.05) is 41.9 Å². The molecule has 0 unspecified atom stereocenters. The fraction of sp³-hybridized carbons (Fsp3) is 0.200. The van der Waals surface area contributed by atoms with Crippen LogP contribution in [0.5, 0.6) is 0 Å². The summed E-state index contributed by atoms with van der Waals surface area (Å²) in [5.74, 6) is -0.239. The fourth-order valence-corrected chi connectivity index (χ4v) is 1.93. The second kappa shape index (κ2) is 6.50. The Balaban J connectivity index is 1.99. The van der Waals surface area contributed by atoms with Gasteiger partial charge in [0, 0.05) is 0 Å². The molecule has 0 radical (unpaired) electrons. The average Bonchev–Trinajstić information content (AvgIpc) is 2.44. The lowest BCUT2D eigenvalue weighted by atomic mass is 10.1. The van der Waals surface area contributed by atoms with Crippen molar-refractivity contribution >= 4 is 23.2 Å². The molecule has 0 aliphatic heterocycles. The summed E-state index contributed by atoms with van der Waals surface area (Å²) in [6.45, 7) is 1.83. The number of hydrogen-bond donors (Lipinski definition) is 2. The number of carbonyl (C=O) groups is 1. The lowest BCUT2D eigenvalue weighted by Gasteiger charge is -2.12. The van der Waals surface area contributed by atoms with E-state index in [1.165, 1.54) is 6.20 Å². The molecule has 0 saturated heterocycles. The number of nitrogens with zero attached hydrogens (tertiary/aromatic N) is 1. The highest BCUT2D eigenvalue weighted by Crippen LogP contribution is 2.16. The summed E-state index contributed by atoms with van der Waals surface area (Å²) in [5, 5.41) is 3.17. The molecule has 2 rings (SSSR count). The lowest BCUT2D eigenvalue weighted by Crippen LogP contribution is -2.37. The van der Waals surface area contributed by atoms with Crippen LogP contribution in [0, 0.1) is 6.92 Å². The summed E-state index contributed by atoms with van der Waals surface area (Å²) in [4.78, 5) is 16.0. The van der Waals surface area contributed by atoms with Gasteiger partial charge in [0.1, 0.15) is 5.15 Å². The van der Waals surface area contributed by atoms with Gasteiger partial charge in [0.25, 0.3) is 0 Å². The number of hydrogen-bond acceptors (Lipinski definition) is 3. The number of nitrogens with one attached hydrogen (secondary N) is 1. The number of nitrogens with two attached hydrogens (primary N) is 1. The van der Waals surface area contributed by atoms with Crippen LogP contribution in [0.1, 0.15) is 11.1 Å². The molecule has 5 heteroatoms. The molecule has 0 spiro atoms. The predicted octanol–water partition coefficient (Wildman–Crippen LogP) is 2.55. The van der Waals surface area contributed by atoms with Gasteiger partial charge in [-0.15, -0.1) is 0 Å². The number of amides is 1. The standard InChI is InChI=1S/C15H16ClN3O/c1-10-7-12(9-18-14(10)16)19-15(20)13(17)8-11-5-3-2-4-6-11/h2-7,9,13H,8,17H2,1H3,(H,19,20)/t13-/m1/s1. The van der Waals surface area contributed by atoms with Gasteiger partial charge < -0.3 is 11.1 Å². The minimum Gasteiger partial charge on any atom is -0.323 e. The van der Waals surface area contributed by atoms with Crippen molar-refractivity contribution in [2.75, 3.05) is 5.32 Å². The molecule has 3 N–H and O–H groups in total. The lowest BCUT2D eigenvalue weighted by molar-refractivity contribution is -0.117. The highest BCUT2D eigenvalue weighted by atomic mass is 35.5. The van der Waals surface area contributed by atoms with Crippen molar-refractivity contribution in [1.29, 1.82) is 0 Å². The number of anilines is 1. The molecule has 1 aromatic carbocycles. The van der Waals surface area contributed by atoms with Gasteiger partial charge in [-0.2, -0.15) is 0 Å². The van der Waals surface area contributed by atoms with Crippen LogP contribution in [-0.2, 0) is 11.2 Å². The Bertz CT molecular complexity index is 601. The zero-order valence-corrected chi connectivity index (χ0v) is 11.9. The first-order valence-corrected chi connectivity index (χ1v) is 6.66. The fourth-order valence-electron chi connectivity index (χ4n) is 1.82. The molecule has 20 heavy (non-hydrogen) atoms. The van der Waals surface area contributed by atoms with Crippen molar-refractivity contribution in [3.8, 4) is 0 Å². The molecular formula is C15H16ClN3O.